The number of fused-ring (bicyclic) bond motifs is 5. The third-order valence-corrected chi connectivity index (χ3v) is 8.37. The van der Waals surface area contributed by atoms with Crippen LogP contribution in [0.15, 0.2) is 0 Å². The summed E-state index contributed by atoms with van der Waals surface area (Å²) < 4.78 is 0. The van der Waals surface area contributed by atoms with E-state index in [-0.39, 0.29) is 28.6 Å². The smallest absolute Gasteiger partial charge is 0.139 e. The van der Waals surface area contributed by atoms with Gasteiger partial charge in [-0.2, -0.15) is 0 Å². The fourth-order valence-corrected chi connectivity index (χ4v) is 7.09. The van der Waals surface area contributed by atoms with E-state index in [2.05, 4.69) is 13.8 Å². The van der Waals surface area contributed by atoms with E-state index in [1.807, 2.05) is 0 Å². The summed E-state index contributed by atoms with van der Waals surface area (Å²) in [6.07, 6.45) is 7.08. The molecule has 3 heteroatoms. The maximum Gasteiger partial charge on any atom is 0.139 e. The standard InChI is InChI=1S/C19H30O3/c1-18-9-4-3-5-13(18)16(21)17(22)15-11-6-7-14(20)19(11,2)10-8-12(15)18/h11-13,15-17,21-22H,3-10H2,1-2H3/t11?,12?,13?,15?,16-,17?,18?,19?/m1/s1. The van der Waals surface area contributed by atoms with E-state index in [0.717, 1.165) is 25.7 Å². The van der Waals surface area contributed by atoms with E-state index in [0.29, 0.717) is 18.1 Å². The molecule has 0 aromatic carbocycles. The van der Waals surface area contributed by atoms with E-state index in [9.17, 15) is 15.0 Å². The molecule has 4 aliphatic carbocycles. The quantitative estimate of drug-likeness (QED) is 0.723. The van der Waals surface area contributed by atoms with Gasteiger partial charge in [-0.25, -0.2) is 0 Å². The Bertz CT molecular complexity index is 489. The first kappa shape index (κ1) is 15.1. The van der Waals surface area contributed by atoms with Gasteiger partial charge in [-0.05, 0) is 61.2 Å². The fraction of sp³-hybridized carbons (Fsp3) is 0.947. The van der Waals surface area contributed by atoms with Crippen LogP contribution in [0.1, 0.15) is 65.2 Å². The number of carbonyl (C=O) groups excluding carboxylic acids is 1. The first-order valence-electron chi connectivity index (χ1n) is 9.29. The molecule has 4 rings (SSSR count). The lowest BCUT2D eigenvalue weighted by molar-refractivity contribution is -0.211. The van der Waals surface area contributed by atoms with Crippen LogP contribution in [0.25, 0.3) is 0 Å². The normalized spacial score (nSPS) is 57.9. The SMILES string of the molecule is CC12CCC3C(C(O)[C@H](O)C4CCCCC34C)C1CCC2=O. The summed E-state index contributed by atoms with van der Waals surface area (Å²) in [6, 6.07) is 0. The molecule has 0 spiro atoms. The third-order valence-electron chi connectivity index (χ3n) is 8.37. The number of Topliss-reactive ketones (excluding diaryl/α,β-unsaturated/α-hetero) is 1. The van der Waals surface area contributed by atoms with Crippen LogP contribution in [0.2, 0.25) is 0 Å². The van der Waals surface area contributed by atoms with Gasteiger partial charge in [0.15, 0.2) is 0 Å². The lowest BCUT2D eigenvalue weighted by Gasteiger charge is -2.62. The van der Waals surface area contributed by atoms with Crippen molar-refractivity contribution >= 4 is 5.78 Å². The zero-order chi connectivity index (χ0) is 15.7. The minimum absolute atomic E-state index is 0.125. The summed E-state index contributed by atoms with van der Waals surface area (Å²) in [6.45, 7) is 4.49. The van der Waals surface area contributed by atoms with Gasteiger partial charge in [0.05, 0.1) is 12.2 Å². The van der Waals surface area contributed by atoms with Crippen LogP contribution in [-0.4, -0.2) is 28.2 Å². The van der Waals surface area contributed by atoms with Crippen LogP contribution in [0.5, 0.6) is 0 Å². The third kappa shape index (κ3) is 1.73. The van der Waals surface area contributed by atoms with Crippen molar-refractivity contribution in [2.75, 3.05) is 0 Å². The summed E-state index contributed by atoms with van der Waals surface area (Å²) in [5.41, 5.74) is -0.0751. The highest BCUT2D eigenvalue weighted by Crippen LogP contribution is 2.65. The minimum Gasteiger partial charge on any atom is -0.390 e. The molecule has 4 saturated carbocycles. The van der Waals surface area contributed by atoms with Crippen molar-refractivity contribution in [2.24, 2.45) is 34.5 Å². The zero-order valence-electron chi connectivity index (χ0n) is 13.9. The number of carbonyl (C=O) groups is 1. The van der Waals surface area contributed by atoms with E-state index in [4.69, 9.17) is 0 Å². The van der Waals surface area contributed by atoms with Crippen molar-refractivity contribution in [1.29, 1.82) is 0 Å². The largest absolute Gasteiger partial charge is 0.390 e. The molecular formula is C19H30O3. The van der Waals surface area contributed by atoms with E-state index < -0.39 is 12.2 Å². The Balaban J connectivity index is 1.74. The number of hydrogen-bond acceptors (Lipinski definition) is 3. The van der Waals surface area contributed by atoms with E-state index in [1.54, 1.807) is 0 Å². The molecule has 0 radical (unpaired) electrons. The van der Waals surface area contributed by atoms with Crippen LogP contribution >= 0.6 is 0 Å². The molecule has 4 aliphatic rings. The summed E-state index contributed by atoms with van der Waals surface area (Å²) in [4.78, 5) is 12.4. The molecule has 0 aromatic rings. The fourth-order valence-electron chi connectivity index (χ4n) is 7.09. The predicted octanol–water partition coefficient (Wildman–Crippen LogP) is 2.93. The molecule has 3 nitrogen and oxygen atoms in total. The Morgan fingerprint density at radius 1 is 0.909 bits per heavy atom. The van der Waals surface area contributed by atoms with Gasteiger partial charge in [0.25, 0.3) is 0 Å². The molecule has 0 bridgehead atoms. The molecule has 2 N–H and O–H groups in total. The molecule has 0 aromatic heterocycles. The molecule has 4 fully saturated rings. The number of aliphatic hydroxyl groups is 2. The Labute approximate surface area is 133 Å². The molecule has 0 aliphatic heterocycles. The maximum atomic E-state index is 12.4. The summed E-state index contributed by atoms with van der Waals surface area (Å²) in [7, 11) is 0. The van der Waals surface area contributed by atoms with Gasteiger partial charge in [0, 0.05) is 11.8 Å². The number of hydrogen-bond donors (Lipinski definition) is 2. The first-order valence-corrected chi connectivity index (χ1v) is 9.29. The second kappa shape index (κ2) is 4.80. The second-order valence-corrected chi connectivity index (χ2v) is 9.05. The molecule has 8 atom stereocenters. The predicted molar refractivity (Wildman–Crippen MR) is 84.1 cm³/mol. The summed E-state index contributed by atoms with van der Waals surface area (Å²) in [5.74, 6) is 1.54. The molecule has 0 amide bonds. The van der Waals surface area contributed by atoms with Crippen LogP contribution in [0.4, 0.5) is 0 Å². The van der Waals surface area contributed by atoms with Crippen LogP contribution in [0, 0.1) is 34.5 Å². The topological polar surface area (TPSA) is 57.5 Å². The molecule has 0 saturated heterocycles. The van der Waals surface area contributed by atoms with Gasteiger partial charge in [0.1, 0.15) is 5.78 Å². The Hall–Kier alpha value is -0.410. The molecule has 124 valence electrons. The van der Waals surface area contributed by atoms with Crippen molar-refractivity contribution < 1.29 is 15.0 Å². The number of ketones is 1. The highest BCUT2D eigenvalue weighted by molar-refractivity contribution is 5.87. The molecule has 7 unspecified atom stereocenters. The highest BCUT2D eigenvalue weighted by Gasteiger charge is 2.64. The van der Waals surface area contributed by atoms with Gasteiger partial charge >= 0.3 is 0 Å². The summed E-state index contributed by atoms with van der Waals surface area (Å²) >= 11 is 0. The average Bonchev–Trinajstić information content (AvgIpc) is 2.80. The Kier molecular flexibility index (Phi) is 3.30. The van der Waals surface area contributed by atoms with Gasteiger partial charge < -0.3 is 10.2 Å². The Morgan fingerprint density at radius 2 is 1.68 bits per heavy atom. The Morgan fingerprint density at radius 3 is 2.45 bits per heavy atom. The van der Waals surface area contributed by atoms with Crippen molar-refractivity contribution in [2.45, 2.75) is 77.4 Å². The van der Waals surface area contributed by atoms with E-state index >= 15 is 0 Å². The van der Waals surface area contributed by atoms with Crippen LogP contribution < -0.4 is 0 Å². The van der Waals surface area contributed by atoms with E-state index in [1.165, 1.54) is 19.3 Å². The number of rotatable bonds is 0. The van der Waals surface area contributed by atoms with Crippen molar-refractivity contribution in [3.63, 3.8) is 0 Å². The summed E-state index contributed by atoms with van der Waals surface area (Å²) in [5, 5.41) is 21.7. The van der Waals surface area contributed by atoms with Gasteiger partial charge in [-0.15, -0.1) is 0 Å². The number of aliphatic hydroxyl groups excluding tert-OH is 2. The van der Waals surface area contributed by atoms with Gasteiger partial charge in [-0.1, -0.05) is 26.7 Å². The second-order valence-electron chi connectivity index (χ2n) is 9.05. The van der Waals surface area contributed by atoms with Crippen molar-refractivity contribution in [3.8, 4) is 0 Å². The molecule has 0 heterocycles. The first-order chi connectivity index (χ1) is 10.4. The average molecular weight is 306 g/mol. The lowest BCUT2D eigenvalue weighted by Crippen LogP contribution is -2.63. The molecule has 22 heavy (non-hydrogen) atoms. The van der Waals surface area contributed by atoms with Crippen LogP contribution in [0.3, 0.4) is 0 Å². The zero-order valence-corrected chi connectivity index (χ0v) is 13.9. The highest BCUT2D eigenvalue weighted by atomic mass is 16.3. The van der Waals surface area contributed by atoms with Gasteiger partial charge in [-0.3, -0.25) is 4.79 Å². The van der Waals surface area contributed by atoms with Crippen LogP contribution in [-0.2, 0) is 4.79 Å². The van der Waals surface area contributed by atoms with Crippen molar-refractivity contribution in [3.05, 3.63) is 0 Å². The lowest BCUT2D eigenvalue weighted by atomic mass is 9.44. The minimum atomic E-state index is -0.628. The van der Waals surface area contributed by atoms with Crippen molar-refractivity contribution in [1.82, 2.24) is 0 Å². The molecular weight excluding hydrogens is 276 g/mol. The monoisotopic (exact) mass is 306 g/mol. The van der Waals surface area contributed by atoms with Gasteiger partial charge in [0.2, 0.25) is 0 Å². The maximum absolute atomic E-state index is 12.4.